The van der Waals surface area contributed by atoms with Crippen LogP contribution >= 0.6 is 0 Å². The van der Waals surface area contributed by atoms with Gasteiger partial charge in [0.2, 0.25) is 0 Å². The number of hydrogen-bond donors (Lipinski definition) is 0. The van der Waals surface area contributed by atoms with Gasteiger partial charge in [0, 0.05) is 29.5 Å². The molecule has 36 heavy (non-hydrogen) atoms. The van der Waals surface area contributed by atoms with Crippen LogP contribution in [0.15, 0.2) is 128 Å². The van der Waals surface area contributed by atoms with Crippen molar-refractivity contribution in [2.24, 2.45) is 0 Å². The van der Waals surface area contributed by atoms with E-state index in [0.29, 0.717) is 0 Å². The van der Waals surface area contributed by atoms with E-state index >= 15 is 0 Å². The summed E-state index contributed by atoms with van der Waals surface area (Å²) < 4.78 is 0. The van der Waals surface area contributed by atoms with Gasteiger partial charge in [0.1, 0.15) is 0 Å². The molecule has 5 heteroatoms. The minimum absolute atomic E-state index is 0. The van der Waals surface area contributed by atoms with Crippen molar-refractivity contribution < 1.29 is 17.1 Å². The van der Waals surface area contributed by atoms with Gasteiger partial charge in [0.15, 0.2) is 0 Å². The summed E-state index contributed by atoms with van der Waals surface area (Å²) in [5, 5.41) is 3.56. The first kappa shape index (κ1) is 23.4. The number of aromatic nitrogens is 4. The molecule has 4 heterocycles. The largest absolute Gasteiger partial charge is 1.00 e. The summed E-state index contributed by atoms with van der Waals surface area (Å²) in [6.45, 7) is 0. The monoisotopic (exact) mass is 512 g/mol. The van der Waals surface area contributed by atoms with Gasteiger partial charge in [0.25, 0.3) is 0 Å². The number of fused-ring (bicyclic) bond motifs is 4. The summed E-state index contributed by atoms with van der Waals surface area (Å²) >= 11 is 0. The van der Waals surface area contributed by atoms with Gasteiger partial charge < -0.3 is 4.98 Å². The quantitative estimate of drug-likeness (QED) is 0.228. The van der Waals surface area contributed by atoms with E-state index in [9.17, 15) is 0 Å². The van der Waals surface area contributed by atoms with Gasteiger partial charge in [-0.25, -0.2) is 0 Å². The van der Waals surface area contributed by atoms with E-state index in [0.717, 1.165) is 44.5 Å². The van der Waals surface area contributed by atoms with Crippen molar-refractivity contribution in [2.45, 2.75) is 0 Å². The third-order valence-corrected chi connectivity index (χ3v) is 5.98. The van der Waals surface area contributed by atoms with Gasteiger partial charge in [-0.05, 0) is 46.7 Å². The summed E-state index contributed by atoms with van der Waals surface area (Å²) in [6, 6.07) is 36.7. The van der Waals surface area contributed by atoms with Crippen LogP contribution < -0.4 is 4.98 Å². The van der Waals surface area contributed by atoms with Crippen molar-refractivity contribution in [1.29, 1.82) is 0 Å². The molecule has 0 bridgehead atoms. The summed E-state index contributed by atoms with van der Waals surface area (Å²) in [5.74, 6) is 0. The number of pyridine rings is 3. The van der Waals surface area contributed by atoms with Crippen molar-refractivity contribution in [3.05, 3.63) is 128 Å². The Morgan fingerprint density at radius 1 is 0.472 bits per heavy atom. The Morgan fingerprint density at radius 2 is 1.08 bits per heavy atom. The summed E-state index contributed by atoms with van der Waals surface area (Å²) in [5.41, 5.74) is 7.22. The maximum atomic E-state index is 4.87. The Balaban J connectivity index is 0.000000175. The molecule has 4 aromatic heterocycles. The van der Waals surface area contributed by atoms with Gasteiger partial charge in [-0.2, -0.15) is 0 Å². The smallest absolute Gasteiger partial charge is 0.656 e. The molecule has 4 nitrogen and oxygen atoms in total. The molecular formula is C31H21CuN4. The van der Waals surface area contributed by atoms with E-state index in [4.69, 9.17) is 4.98 Å². The van der Waals surface area contributed by atoms with E-state index in [-0.39, 0.29) is 17.1 Å². The Hall–Kier alpha value is -4.31. The molecule has 0 fully saturated rings. The Labute approximate surface area is 219 Å². The van der Waals surface area contributed by atoms with Gasteiger partial charge in [-0.3, -0.25) is 15.0 Å². The first-order valence-electron chi connectivity index (χ1n) is 11.5. The van der Waals surface area contributed by atoms with Gasteiger partial charge in [-0.1, -0.05) is 78.9 Å². The SMILES string of the molecule is [Cu+].c1ccc(-c2ccccn2)nc1.c1cnc2c(-c3cccc4c3[n-]c3ccccc34)cccc2c1. The third-order valence-electron chi connectivity index (χ3n) is 5.98. The molecule has 0 aliphatic rings. The van der Waals surface area contributed by atoms with Crippen molar-refractivity contribution in [2.75, 3.05) is 0 Å². The normalized spacial score (nSPS) is 10.6. The zero-order valence-corrected chi connectivity index (χ0v) is 20.2. The minimum Gasteiger partial charge on any atom is -0.656 e. The van der Waals surface area contributed by atoms with Crippen LogP contribution in [0.2, 0.25) is 0 Å². The van der Waals surface area contributed by atoms with Crippen molar-refractivity contribution in [1.82, 2.24) is 19.9 Å². The van der Waals surface area contributed by atoms with Gasteiger partial charge in [0.05, 0.1) is 16.9 Å². The fourth-order valence-corrected chi connectivity index (χ4v) is 4.37. The van der Waals surface area contributed by atoms with Crippen molar-refractivity contribution in [3.8, 4) is 22.5 Å². The predicted molar refractivity (Wildman–Crippen MR) is 143 cm³/mol. The zero-order valence-electron chi connectivity index (χ0n) is 19.2. The molecule has 7 rings (SSSR count). The van der Waals surface area contributed by atoms with Gasteiger partial charge in [-0.15, -0.1) is 11.0 Å². The summed E-state index contributed by atoms with van der Waals surface area (Å²) in [7, 11) is 0. The van der Waals surface area contributed by atoms with E-state index in [2.05, 4.69) is 75.6 Å². The molecule has 0 saturated carbocycles. The molecule has 0 saturated heterocycles. The molecule has 0 aliphatic carbocycles. The van der Waals surface area contributed by atoms with E-state index in [1.54, 1.807) is 12.4 Å². The zero-order chi connectivity index (χ0) is 23.5. The number of nitrogens with zero attached hydrogens (tertiary/aromatic N) is 4. The molecule has 0 unspecified atom stereocenters. The molecule has 0 aliphatic heterocycles. The Kier molecular flexibility index (Phi) is 6.85. The first-order chi connectivity index (χ1) is 17.4. The molecule has 0 atom stereocenters. The van der Waals surface area contributed by atoms with Crippen LogP contribution in [0.1, 0.15) is 0 Å². The Bertz CT molecular complexity index is 1700. The maximum absolute atomic E-state index is 4.87. The van der Waals surface area contributed by atoms with Crippen LogP contribution in [0.5, 0.6) is 0 Å². The summed E-state index contributed by atoms with van der Waals surface area (Å²) in [6.07, 6.45) is 5.38. The van der Waals surface area contributed by atoms with E-state index in [1.807, 2.05) is 54.7 Å². The maximum Gasteiger partial charge on any atom is 1.00 e. The van der Waals surface area contributed by atoms with Crippen molar-refractivity contribution >= 4 is 32.7 Å². The molecule has 7 aromatic rings. The van der Waals surface area contributed by atoms with Crippen LogP contribution in [-0.4, -0.2) is 15.0 Å². The van der Waals surface area contributed by atoms with Crippen LogP contribution in [0, 0.1) is 0 Å². The number of benzene rings is 3. The topological polar surface area (TPSA) is 52.8 Å². The molecular weight excluding hydrogens is 492 g/mol. The second-order valence-electron chi connectivity index (χ2n) is 8.14. The second-order valence-corrected chi connectivity index (χ2v) is 8.14. The molecule has 0 amide bonds. The van der Waals surface area contributed by atoms with E-state index < -0.39 is 0 Å². The third kappa shape index (κ3) is 4.50. The van der Waals surface area contributed by atoms with Crippen LogP contribution in [0.4, 0.5) is 0 Å². The number of hydrogen-bond acceptors (Lipinski definition) is 3. The standard InChI is InChI=1S/C21H13N2.C10H8N2.Cu/c1-2-12-19-15(8-1)16-10-4-11-18(21(16)23-19)17-9-3-6-14-7-5-13-22-20(14)17;1-3-7-11-9(5-1)10-6-2-4-8-12-10;/h1-13H;1-8H;/q-1;;+1. The fraction of sp³-hybridized carbons (Fsp3) is 0. The molecule has 0 spiro atoms. The Morgan fingerprint density at radius 3 is 1.83 bits per heavy atom. The molecule has 176 valence electrons. The van der Waals surface area contributed by atoms with Crippen LogP contribution in [0.3, 0.4) is 0 Å². The van der Waals surface area contributed by atoms with Crippen LogP contribution in [0.25, 0.3) is 55.2 Å². The second kappa shape index (κ2) is 10.5. The average molecular weight is 513 g/mol. The minimum atomic E-state index is 0. The number of para-hydroxylation sites is 3. The van der Waals surface area contributed by atoms with Crippen molar-refractivity contribution in [3.63, 3.8) is 0 Å². The summed E-state index contributed by atoms with van der Waals surface area (Å²) in [4.78, 5) is 17.8. The molecule has 0 N–H and O–H groups in total. The number of rotatable bonds is 2. The average Bonchev–Trinajstić information content (AvgIpc) is 3.33. The van der Waals surface area contributed by atoms with Crippen LogP contribution in [-0.2, 0) is 17.1 Å². The first-order valence-corrected chi connectivity index (χ1v) is 11.5. The molecule has 3 aromatic carbocycles. The predicted octanol–water partition coefficient (Wildman–Crippen LogP) is 7.31. The molecule has 0 radical (unpaired) electrons. The van der Waals surface area contributed by atoms with E-state index in [1.165, 1.54) is 10.8 Å². The fourth-order valence-electron chi connectivity index (χ4n) is 4.37. The van der Waals surface area contributed by atoms with Gasteiger partial charge >= 0.3 is 17.1 Å².